The van der Waals surface area contributed by atoms with E-state index in [-0.39, 0.29) is 12.0 Å². The topological polar surface area (TPSA) is 70.1 Å². The van der Waals surface area contributed by atoms with Crippen molar-refractivity contribution in [2.45, 2.75) is 32.0 Å². The zero-order valence-electron chi connectivity index (χ0n) is 15.4. The van der Waals surface area contributed by atoms with E-state index in [0.717, 1.165) is 63.7 Å². The van der Waals surface area contributed by atoms with Gasteiger partial charge in [0.1, 0.15) is 0 Å². The first kappa shape index (κ1) is 22.3. The van der Waals surface area contributed by atoms with Crippen molar-refractivity contribution in [3.63, 3.8) is 0 Å². The Labute approximate surface area is 161 Å². The van der Waals surface area contributed by atoms with Crippen molar-refractivity contribution >= 4 is 23.6 Å². The maximum absolute atomic E-state index is 12.6. The SMILES string of the molecule is CCN1CCO[C@@H]2CN(C(=O)C3CCSCC3)C[C@@H]2C1.O=C(O)C(F)(F)F. The number of halogens is 3. The molecule has 0 aromatic carbocycles. The van der Waals surface area contributed by atoms with Gasteiger partial charge in [-0.15, -0.1) is 0 Å². The average molecular weight is 412 g/mol. The summed E-state index contributed by atoms with van der Waals surface area (Å²) in [7, 11) is 0. The van der Waals surface area contributed by atoms with Crippen LogP contribution < -0.4 is 0 Å². The third-order valence-electron chi connectivity index (χ3n) is 5.19. The monoisotopic (exact) mass is 412 g/mol. The van der Waals surface area contributed by atoms with Crippen molar-refractivity contribution in [2.75, 3.05) is 50.8 Å². The number of likely N-dealkylation sites (N-methyl/N-ethyl adjacent to an activating group) is 1. The number of ether oxygens (including phenoxy) is 1. The maximum Gasteiger partial charge on any atom is 0.490 e. The highest BCUT2D eigenvalue weighted by atomic mass is 32.2. The number of thioether (sulfide) groups is 1. The van der Waals surface area contributed by atoms with Crippen molar-refractivity contribution in [3.8, 4) is 0 Å². The highest BCUT2D eigenvalue weighted by molar-refractivity contribution is 7.99. The summed E-state index contributed by atoms with van der Waals surface area (Å²) in [6, 6.07) is 0. The number of carboxylic acids is 1. The van der Waals surface area contributed by atoms with Gasteiger partial charge in [0, 0.05) is 38.0 Å². The lowest BCUT2D eigenvalue weighted by Gasteiger charge is -2.26. The van der Waals surface area contributed by atoms with E-state index < -0.39 is 12.1 Å². The molecule has 0 radical (unpaired) electrons. The standard InChI is InChI=1S/C15H26N2O2S.C2HF3O2/c1-2-16-5-6-19-14-11-17(10-13(14)9-16)15(18)12-3-7-20-8-4-12;3-2(4,5)1(6)7/h12-14H,2-11H2,1H3;(H,6,7)/t13-,14+;/m0./s1. The molecule has 3 fully saturated rings. The van der Waals surface area contributed by atoms with E-state index in [9.17, 15) is 18.0 Å². The van der Waals surface area contributed by atoms with Crippen LogP contribution in [0.4, 0.5) is 13.2 Å². The number of hydrogen-bond donors (Lipinski definition) is 1. The molecule has 3 aliphatic heterocycles. The van der Waals surface area contributed by atoms with E-state index in [4.69, 9.17) is 14.6 Å². The van der Waals surface area contributed by atoms with Crippen LogP contribution in [-0.4, -0.2) is 89.9 Å². The lowest BCUT2D eigenvalue weighted by Crippen LogP contribution is -2.38. The summed E-state index contributed by atoms with van der Waals surface area (Å²) in [5, 5.41) is 7.12. The molecule has 156 valence electrons. The second-order valence-electron chi connectivity index (χ2n) is 7.00. The Balaban J connectivity index is 0.000000321. The van der Waals surface area contributed by atoms with Gasteiger partial charge < -0.3 is 19.6 Å². The predicted molar refractivity (Wildman–Crippen MR) is 95.7 cm³/mol. The van der Waals surface area contributed by atoms with Crippen LogP contribution in [0.1, 0.15) is 19.8 Å². The molecule has 0 aromatic rings. The van der Waals surface area contributed by atoms with Crippen LogP contribution in [0, 0.1) is 11.8 Å². The summed E-state index contributed by atoms with van der Waals surface area (Å²) in [6.07, 6.45) is -2.68. The molecule has 0 spiro atoms. The Hall–Kier alpha value is -1.00. The number of carboxylic acid groups (broad SMARTS) is 1. The first-order chi connectivity index (χ1) is 12.7. The maximum atomic E-state index is 12.6. The number of nitrogens with zero attached hydrogens (tertiary/aromatic N) is 2. The zero-order chi connectivity index (χ0) is 20.0. The number of hydrogen-bond acceptors (Lipinski definition) is 5. The molecule has 1 amide bonds. The Kier molecular flexibility index (Phi) is 8.23. The number of likely N-dealkylation sites (tertiary alicyclic amines) is 1. The van der Waals surface area contributed by atoms with Crippen molar-refractivity contribution in [2.24, 2.45) is 11.8 Å². The van der Waals surface area contributed by atoms with Gasteiger partial charge in [-0.05, 0) is 30.9 Å². The van der Waals surface area contributed by atoms with Crippen LogP contribution in [-0.2, 0) is 14.3 Å². The van der Waals surface area contributed by atoms with Gasteiger partial charge in [0.25, 0.3) is 0 Å². The molecule has 6 nitrogen and oxygen atoms in total. The molecule has 3 saturated heterocycles. The fraction of sp³-hybridized carbons (Fsp3) is 0.882. The first-order valence-electron chi connectivity index (χ1n) is 9.23. The van der Waals surface area contributed by atoms with Gasteiger partial charge in [-0.2, -0.15) is 24.9 Å². The number of amides is 1. The molecule has 0 aliphatic carbocycles. The smallest absolute Gasteiger partial charge is 0.475 e. The summed E-state index contributed by atoms with van der Waals surface area (Å²) >= 11 is 1.98. The molecule has 3 heterocycles. The molecule has 0 bridgehead atoms. The van der Waals surface area contributed by atoms with Crippen LogP contribution >= 0.6 is 11.8 Å². The van der Waals surface area contributed by atoms with Gasteiger partial charge in [-0.3, -0.25) is 4.79 Å². The average Bonchev–Trinajstić information content (AvgIpc) is 2.93. The molecular weight excluding hydrogens is 385 g/mol. The first-order valence-corrected chi connectivity index (χ1v) is 10.4. The minimum atomic E-state index is -5.08. The van der Waals surface area contributed by atoms with Gasteiger partial charge >= 0.3 is 12.1 Å². The highest BCUT2D eigenvalue weighted by Crippen LogP contribution is 2.29. The Morgan fingerprint density at radius 3 is 2.37 bits per heavy atom. The minimum absolute atomic E-state index is 0.272. The molecule has 1 N–H and O–H groups in total. The Morgan fingerprint density at radius 2 is 1.81 bits per heavy atom. The summed E-state index contributed by atoms with van der Waals surface area (Å²) in [5.41, 5.74) is 0. The van der Waals surface area contributed by atoms with Crippen LogP contribution in [0.2, 0.25) is 0 Å². The number of alkyl halides is 3. The van der Waals surface area contributed by atoms with Gasteiger partial charge in [-0.25, -0.2) is 4.79 Å². The molecule has 3 rings (SSSR count). The molecule has 2 atom stereocenters. The fourth-order valence-corrected chi connectivity index (χ4v) is 4.74. The van der Waals surface area contributed by atoms with Gasteiger partial charge in [0.15, 0.2) is 0 Å². The Bertz CT molecular complexity index is 515. The van der Waals surface area contributed by atoms with E-state index in [1.165, 1.54) is 0 Å². The third kappa shape index (κ3) is 6.53. The van der Waals surface area contributed by atoms with Gasteiger partial charge in [0.05, 0.1) is 12.7 Å². The van der Waals surface area contributed by atoms with Crippen LogP contribution in [0.15, 0.2) is 0 Å². The van der Waals surface area contributed by atoms with Crippen molar-refractivity contribution in [1.29, 1.82) is 0 Å². The predicted octanol–water partition coefficient (Wildman–Crippen LogP) is 1.94. The van der Waals surface area contributed by atoms with E-state index in [1.54, 1.807) is 0 Å². The lowest BCUT2D eigenvalue weighted by atomic mass is 10.0. The number of aliphatic carboxylic acids is 1. The quantitative estimate of drug-likeness (QED) is 0.748. The zero-order valence-corrected chi connectivity index (χ0v) is 16.2. The summed E-state index contributed by atoms with van der Waals surface area (Å²) in [5.74, 6) is 0.729. The van der Waals surface area contributed by atoms with E-state index in [1.807, 2.05) is 11.8 Å². The fourth-order valence-electron chi connectivity index (χ4n) is 3.63. The second-order valence-corrected chi connectivity index (χ2v) is 8.22. The third-order valence-corrected chi connectivity index (χ3v) is 6.23. The minimum Gasteiger partial charge on any atom is -0.475 e. The van der Waals surface area contributed by atoms with Crippen molar-refractivity contribution in [3.05, 3.63) is 0 Å². The molecule has 10 heteroatoms. The lowest BCUT2D eigenvalue weighted by molar-refractivity contribution is -0.192. The molecule has 3 aliphatic rings. The van der Waals surface area contributed by atoms with E-state index in [2.05, 4.69) is 16.7 Å². The van der Waals surface area contributed by atoms with Crippen LogP contribution in [0.3, 0.4) is 0 Å². The summed E-state index contributed by atoms with van der Waals surface area (Å²) < 4.78 is 37.7. The summed E-state index contributed by atoms with van der Waals surface area (Å²) in [6.45, 7) is 7.96. The number of fused-ring (bicyclic) bond motifs is 1. The molecule has 27 heavy (non-hydrogen) atoms. The summed E-state index contributed by atoms with van der Waals surface area (Å²) in [4.78, 5) is 26.1. The highest BCUT2D eigenvalue weighted by Gasteiger charge is 2.40. The molecule has 0 aromatic heterocycles. The number of carbonyl (C=O) groups is 2. The van der Waals surface area contributed by atoms with Gasteiger partial charge in [0.2, 0.25) is 5.91 Å². The van der Waals surface area contributed by atoms with E-state index >= 15 is 0 Å². The normalized spacial score (nSPS) is 27.3. The number of carbonyl (C=O) groups excluding carboxylic acids is 1. The number of rotatable bonds is 2. The molecule has 0 unspecified atom stereocenters. The molecule has 0 saturated carbocycles. The Morgan fingerprint density at radius 1 is 1.19 bits per heavy atom. The van der Waals surface area contributed by atoms with Crippen LogP contribution in [0.25, 0.3) is 0 Å². The van der Waals surface area contributed by atoms with Crippen molar-refractivity contribution in [1.82, 2.24) is 9.80 Å². The van der Waals surface area contributed by atoms with Crippen LogP contribution in [0.5, 0.6) is 0 Å². The molecular formula is C17H27F3N2O4S. The second kappa shape index (κ2) is 9.97. The van der Waals surface area contributed by atoms with E-state index in [0.29, 0.717) is 11.8 Å². The largest absolute Gasteiger partial charge is 0.490 e. The van der Waals surface area contributed by atoms with Gasteiger partial charge in [-0.1, -0.05) is 6.92 Å². The van der Waals surface area contributed by atoms with Crippen molar-refractivity contribution < 1.29 is 32.6 Å².